The number of hydrogen-bond donors (Lipinski definition) is 1. The van der Waals surface area contributed by atoms with Crippen molar-refractivity contribution in [2.24, 2.45) is 0 Å². The lowest BCUT2D eigenvalue weighted by Gasteiger charge is -2.15. The number of aryl methyl sites for hydroxylation is 1. The number of nitrogens with zero attached hydrogens (tertiary/aromatic N) is 1. The molecule has 1 aromatic rings. The number of ether oxygens (including phenoxy) is 1. The normalized spacial score (nSPS) is 16.9. The van der Waals surface area contributed by atoms with Crippen LogP contribution in [-0.4, -0.2) is 51.5 Å². The second kappa shape index (κ2) is 8.60. The van der Waals surface area contributed by atoms with Crippen LogP contribution in [0.2, 0.25) is 0 Å². The molecule has 1 N–H and O–H groups in total. The lowest BCUT2D eigenvalue weighted by molar-refractivity contribution is -0.122. The van der Waals surface area contributed by atoms with Gasteiger partial charge in [0.1, 0.15) is 0 Å². The quantitative estimate of drug-likeness (QED) is 0.769. The van der Waals surface area contributed by atoms with E-state index in [2.05, 4.69) is 5.32 Å². The van der Waals surface area contributed by atoms with Gasteiger partial charge in [0.25, 0.3) is 0 Å². The zero-order valence-corrected chi connectivity index (χ0v) is 15.1. The summed E-state index contributed by atoms with van der Waals surface area (Å²) in [6, 6.07) is 6.82. The molecule has 1 amide bonds. The molecule has 7 heteroatoms. The average Bonchev–Trinajstić information content (AvgIpc) is 3.09. The lowest BCUT2D eigenvalue weighted by atomic mass is 10.1. The van der Waals surface area contributed by atoms with E-state index >= 15 is 0 Å². The van der Waals surface area contributed by atoms with Crippen molar-refractivity contribution >= 4 is 15.9 Å². The van der Waals surface area contributed by atoms with Crippen LogP contribution >= 0.6 is 0 Å². The van der Waals surface area contributed by atoms with Crippen molar-refractivity contribution in [1.82, 2.24) is 9.62 Å². The first-order chi connectivity index (χ1) is 11.4. The number of rotatable bonds is 8. The Hall–Kier alpha value is -1.44. The van der Waals surface area contributed by atoms with Crippen molar-refractivity contribution < 1.29 is 17.9 Å². The van der Waals surface area contributed by atoms with Crippen LogP contribution in [0.4, 0.5) is 0 Å². The summed E-state index contributed by atoms with van der Waals surface area (Å²) in [5.74, 6) is -0.0340. The van der Waals surface area contributed by atoms with Crippen LogP contribution in [0.15, 0.2) is 29.2 Å². The van der Waals surface area contributed by atoms with E-state index in [1.165, 1.54) is 4.31 Å². The summed E-state index contributed by atoms with van der Waals surface area (Å²) in [6.07, 6.45) is 2.80. The van der Waals surface area contributed by atoms with Crippen molar-refractivity contribution in [3.8, 4) is 0 Å². The van der Waals surface area contributed by atoms with Gasteiger partial charge in [-0.2, -0.15) is 4.31 Å². The van der Waals surface area contributed by atoms with Gasteiger partial charge in [-0.3, -0.25) is 4.79 Å². The van der Waals surface area contributed by atoms with E-state index in [4.69, 9.17) is 4.74 Å². The zero-order valence-electron chi connectivity index (χ0n) is 14.3. The van der Waals surface area contributed by atoms with Gasteiger partial charge < -0.3 is 10.1 Å². The lowest BCUT2D eigenvalue weighted by Crippen LogP contribution is -2.35. The standard InChI is InChI=1S/C17H26N2O4S/c1-14(13-23-2)18-17(20)10-7-15-5-8-16(9-6-15)24(21,22)19-11-3-4-12-19/h5-6,8-9,14H,3-4,7,10-13H2,1-2H3,(H,18,20). The smallest absolute Gasteiger partial charge is 0.243 e. The third-order valence-corrected chi connectivity index (χ3v) is 6.00. The molecular formula is C17H26N2O4S. The molecule has 6 nitrogen and oxygen atoms in total. The predicted molar refractivity (Wildman–Crippen MR) is 92.2 cm³/mol. The molecule has 1 unspecified atom stereocenters. The van der Waals surface area contributed by atoms with Crippen LogP contribution in [-0.2, 0) is 26.0 Å². The van der Waals surface area contributed by atoms with Gasteiger partial charge in [0.05, 0.1) is 11.5 Å². The number of sulfonamides is 1. The zero-order chi connectivity index (χ0) is 17.6. The molecule has 1 heterocycles. The summed E-state index contributed by atoms with van der Waals surface area (Å²) in [7, 11) is -1.77. The van der Waals surface area contributed by atoms with E-state index in [1.54, 1.807) is 31.4 Å². The monoisotopic (exact) mass is 354 g/mol. The minimum absolute atomic E-state index is 0.0181. The summed E-state index contributed by atoms with van der Waals surface area (Å²) in [6.45, 7) is 3.57. The Morgan fingerprint density at radius 2 is 1.88 bits per heavy atom. The third-order valence-electron chi connectivity index (χ3n) is 4.09. The number of carbonyl (C=O) groups is 1. The predicted octanol–water partition coefficient (Wildman–Crippen LogP) is 1.55. The van der Waals surface area contributed by atoms with Gasteiger partial charge in [0, 0.05) is 32.7 Å². The number of hydrogen-bond acceptors (Lipinski definition) is 4. The van der Waals surface area contributed by atoms with Crippen LogP contribution in [0, 0.1) is 0 Å². The molecule has 24 heavy (non-hydrogen) atoms. The van der Waals surface area contributed by atoms with E-state index in [0.29, 0.717) is 37.4 Å². The van der Waals surface area contributed by atoms with Crippen LogP contribution in [0.25, 0.3) is 0 Å². The van der Waals surface area contributed by atoms with E-state index in [1.807, 2.05) is 6.92 Å². The number of amides is 1. The molecule has 0 bridgehead atoms. The molecule has 0 saturated carbocycles. The molecule has 1 aliphatic heterocycles. The Morgan fingerprint density at radius 3 is 2.46 bits per heavy atom. The van der Waals surface area contributed by atoms with Crippen molar-refractivity contribution in [2.45, 2.75) is 43.5 Å². The Bertz CT molecular complexity index is 637. The Kier molecular flexibility index (Phi) is 6.77. The molecule has 1 aromatic carbocycles. The highest BCUT2D eigenvalue weighted by atomic mass is 32.2. The summed E-state index contributed by atoms with van der Waals surface area (Å²) in [4.78, 5) is 12.2. The highest BCUT2D eigenvalue weighted by Gasteiger charge is 2.26. The number of carbonyl (C=O) groups excluding carboxylic acids is 1. The molecule has 0 spiro atoms. The second-order valence-electron chi connectivity index (χ2n) is 6.18. The molecule has 1 atom stereocenters. The van der Waals surface area contributed by atoms with Gasteiger partial charge in [-0.25, -0.2) is 8.42 Å². The molecule has 0 aromatic heterocycles. The van der Waals surface area contributed by atoms with Crippen molar-refractivity contribution in [3.05, 3.63) is 29.8 Å². The van der Waals surface area contributed by atoms with Crippen LogP contribution in [0.1, 0.15) is 31.7 Å². The van der Waals surface area contributed by atoms with Crippen LogP contribution < -0.4 is 5.32 Å². The van der Waals surface area contributed by atoms with Crippen molar-refractivity contribution in [2.75, 3.05) is 26.8 Å². The van der Waals surface area contributed by atoms with Crippen molar-refractivity contribution in [3.63, 3.8) is 0 Å². The topological polar surface area (TPSA) is 75.7 Å². The molecular weight excluding hydrogens is 328 g/mol. The number of benzene rings is 1. The minimum Gasteiger partial charge on any atom is -0.383 e. The van der Waals surface area contributed by atoms with Gasteiger partial charge in [-0.05, 0) is 43.9 Å². The van der Waals surface area contributed by atoms with E-state index in [-0.39, 0.29) is 11.9 Å². The molecule has 0 radical (unpaired) electrons. The average molecular weight is 354 g/mol. The fourth-order valence-electron chi connectivity index (χ4n) is 2.80. The van der Waals surface area contributed by atoms with Crippen LogP contribution in [0.3, 0.4) is 0 Å². The Morgan fingerprint density at radius 1 is 1.25 bits per heavy atom. The van der Waals surface area contributed by atoms with Gasteiger partial charge in [-0.15, -0.1) is 0 Å². The first-order valence-electron chi connectivity index (χ1n) is 8.31. The summed E-state index contributed by atoms with van der Waals surface area (Å²) < 4.78 is 31.4. The van der Waals surface area contributed by atoms with E-state index < -0.39 is 10.0 Å². The van der Waals surface area contributed by atoms with E-state index in [0.717, 1.165) is 18.4 Å². The number of nitrogens with one attached hydrogen (secondary N) is 1. The maximum absolute atomic E-state index is 12.4. The summed E-state index contributed by atoms with van der Waals surface area (Å²) in [5.41, 5.74) is 0.949. The Labute approximate surface area is 144 Å². The molecule has 0 aliphatic carbocycles. The summed E-state index contributed by atoms with van der Waals surface area (Å²) >= 11 is 0. The van der Waals surface area contributed by atoms with E-state index in [9.17, 15) is 13.2 Å². The molecule has 1 aliphatic rings. The highest BCUT2D eigenvalue weighted by Crippen LogP contribution is 2.21. The van der Waals surface area contributed by atoms with Crippen molar-refractivity contribution in [1.29, 1.82) is 0 Å². The second-order valence-corrected chi connectivity index (χ2v) is 8.12. The first-order valence-corrected chi connectivity index (χ1v) is 9.75. The summed E-state index contributed by atoms with van der Waals surface area (Å²) in [5, 5.41) is 2.86. The highest BCUT2D eigenvalue weighted by molar-refractivity contribution is 7.89. The Balaban J connectivity index is 1.89. The van der Waals surface area contributed by atoms with Crippen LogP contribution in [0.5, 0.6) is 0 Å². The fraction of sp³-hybridized carbons (Fsp3) is 0.588. The minimum atomic E-state index is -3.37. The maximum atomic E-state index is 12.4. The first kappa shape index (κ1) is 18.9. The fourth-order valence-corrected chi connectivity index (χ4v) is 4.32. The number of methoxy groups -OCH3 is 1. The molecule has 1 saturated heterocycles. The van der Waals surface area contributed by atoms with Gasteiger partial charge in [-0.1, -0.05) is 12.1 Å². The SMILES string of the molecule is COCC(C)NC(=O)CCc1ccc(S(=O)(=O)N2CCCC2)cc1. The largest absolute Gasteiger partial charge is 0.383 e. The molecule has 1 fully saturated rings. The van der Waals surface area contributed by atoms with Gasteiger partial charge in [0.2, 0.25) is 15.9 Å². The molecule has 2 rings (SSSR count). The van der Waals surface area contributed by atoms with Gasteiger partial charge >= 0.3 is 0 Å². The van der Waals surface area contributed by atoms with Gasteiger partial charge in [0.15, 0.2) is 0 Å². The third kappa shape index (κ3) is 5.03. The molecule has 134 valence electrons. The maximum Gasteiger partial charge on any atom is 0.243 e.